The van der Waals surface area contributed by atoms with Crippen LogP contribution in [0, 0.1) is 10.1 Å². The molecule has 98 valence electrons. The van der Waals surface area contributed by atoms with Crippen molar-refractivity contribution in [2.24, 2.45) is 0 Å². The van der Waals surface area contributed by atoms with Gasteiger partial charge in [-0.15, -0.1) is 0 Å². The molecule has 0 bridgehead atoms. The fourth-order valence-corrected chi connectivity index (χ4v) is 2.07. The molecule has 0 spiro atoms. The highest BCUT2D eigenvalue weighted by atomic mass is 35.5. The Balaban J connectivity index is 2.18. The van der Waals surface area contributed by atoms with E-state index in [4.69, 9.17) is 11.6 Å². The molecule has 0 radical (unpaired) electrons. The fourth-order valence-electron chi connectivity index (χ4n) is 1.82. The summed E-state index contributed by atoms with van der Waals surface area (Å²) in [5, 5.41) is 21.0. The van der Waals surface area contributed by atoms with Gasteiger partial charge in [0.2, 0.25) is 0 Å². The van der Waals surface area contributed by atoms with Gasteiger partial charge in [0.25, 0.3) is 5.69 Å². The number of benzene rings is 2. The summed E-state index contributed by atoms with van der Waals surface area (Å²) in [6.07, 6.45) is -0.360. The van der Waals surface area contributed by atoms with E-state index in [9.17, 15) is 15.2 Å². The lowest BCUT2D eigenvalue weighted by Crippen LogP contribution is -2.02. The van der Waals surface area contributed by atoms with Crippen LogP contribution in [0.2, 0.25) is 5.02 Å². The highest BCUT2D eigenvalue weighted by molar-refractivity contribution is 6.31. The molecular formula is C14H12ClNO3. The van der Waals surface area contributed by atoms with Crippen LogP contribution >= 0.6 is 11.6 Å². The quantitative estimate of drug-likeness (QED) is 0.687. The van der Waals surface area contributed by atoms with Crippen molar-refractivity contribution in [1.82, 2.24) is 0 Å². The number of aliphatic hydroxyl groups is 1. The van der Waals surface area contributed by atoms with Crippen LogP contribution in [0.25, 0.3) is 0 Å². The van der Waals surface area contributed by atoms with E-state index < -0.39 is 11.0 Å². The Bertz CT molecular complexity index is 586. The van der Waals surface area contributed by atoms with E-state index in [0.717, 1.165) is 5.56 Å². The molecule has 1 atom stereocenters. The second kappa shape index (κ2) is 5.82. The highest BCUT2D eigenvalue weighted by Gasteiger charge is 2.13. The van der Waals surface area contributed by atoms with Gasteiger partial charge >= 0.3 is 0 Å². The predicted octanol–water partition coefficient (Wildman–Crippen LogP) is 3.52. The van der Waals surface area contributed by atoms with Gasteiger partial charge in [-0.05, 0) is 11.1 Å². The van der Waals surface area contributed by atoms with Crippen molar-refractivity contribution in [1.29, 1.82) is 0 Å². The van der Waals surface area contributed by atoms with E-state index in [1.165, 1.54) is 12.1 Å². The fraction of sp³-hybridized carbons (Fsp3) is 0.143. The first-order valence-electron chi connectivity index (χ1n) is 5.74. The van der Waals surface area contributed by atoms with Crippen LogP contribution in [-0.4, -0.2) is 10.0 Å². The number of nitro benzene ring substituents is 1. The van der Waals surface area contributed by atoms with Crippen molar-refractivity contribution in [2.75, 3.05) is 0 Å². The number of nitro groups is 1. The summed E-state index contributed by atoms with van der Waals surface area (Å²) >= 11 is 5.99. The van der Waals surface area contributed by atoms with Crippen molar-refractivity contribution < 1.29 is 10.0 Å². The summed E-state index contributed by atoms with van der Waals surface area (Å²) in [7, 11) is 0. The van der Waals surface area contributed by atoms with E-state index in [0.29, 0.717) is 17.0 Å². The Morgan fingerprint density at radius 2 is 1.89 bits per heavy atom. The molecule has 2 aromatic rings. The van der Waals surface area contributed by atoms with Gasteiger partial charge in [-0.3, -0.25) is 10.1 Å². The first-order chi connectivity index (χ1) is 9.08. The van der Waals surface area contributed by atoms with E-state index in [2.05, 4.69) is 0 Å². The van der Waals surface area contributed by atoms with Gasteiger partial charge in [-0.1, -0.05) is 48.0 Å². The van der Waals surface area contributed by atoms with Crippen molar-refractivity contribution in [3.63, 3.8) is 0 Å². The minimum atomic E-state index is -0.680. The lowest BCUT2D eigenvalue weighted by molar-refractivity contribution is -0.384. The van der Waals surface area contributed by atoms with Gasteiger partial charge in [0.05, 0.1) is 16.0 Å². The largest absolute Gasteiger partial charge is 0.388 e. The third-order valence-electron chi connectivity index (χ3n) is 2.85. The molecule has 0 amide bonds. The number of rotatable bonds is 4. The summed E-state index contributed by atoms with van der Waals surface area (Å²) in [5.74, 6) is 0. The van der Waals surface area contributed by atoms with Crippen LogP contribution in [0.5, 0.6) is 0 Å². The third-order valence-corrected chi connectivity index (χ3v) is 3.20. The van der Waals surface area contributed by atoms with Gasteiger partial charge in [-0.25, -0.2) is 0 Å². The predicted molar refractivity (Wildman–Crippen MR) is 73.2 cm³/mol. The van der Waals surface area contributed by atoms with Crippen LogP contribution in [0.15, 0.2) is 48.5 Å². The molecule has 4 nitrogen and oxygen atoms in total. The van der Waals surface area contributed by atoms with E-state index >= 15 is 0 Å². The average Bonchev–Trinajstić information content (AvgIpc) is 2.41. The van der Waals surface area contributed by atoms with Crippen molar-refractivity contribution in [3.8, 4) is 0 Å². The standard InChI is InChI=1S/C14H12ClNO3/c15-13-9-12(16(18)19)7-6-11(13)8-14(17)10-4-2-1-3-5-10/h1-7,9,14,17H,8H2. The van der Waals surface area contributed by atoms with Crippen LogP contribution in [0.3, 0.4) is 0 Å². The molecule has 0 aromatic heterocycles. The SMILES string of the molecule is O=[N+]([O-])c1ccc(CC(O)c2ccccc2)c(Cl)c1. The molecule has 0 fully saturated rings. The van der Waals surface area contributed by atoms with Crippen LogP contribution in [0.1, 0.15) is 17.2 Å². The molecule has 0 aliphatic heterocycles. The number of non-ortho nitro benzene ring substituents is 1. The molecule has 0 aliphatic carbocycles. The van der Waals surface area contributed by atoms with Gasteiger partial charge in [0.1, 0.15) is 0 Å². The molecule has 2 rings (SSSR count). The maximum absolute atomic E-state index is 10.6. The maximum Gasteiger partial charge on any atom is 0.270 e. The molecule has 0 heterocycles. The highest BCUT2D eigenvalue weighted by Crippen LogP contribution is 2.26. The molecule has 19 heavy (non-hydrogen) atoms. The van der Waals surface area contributed by atoms with Crippen LogP contribution in [0.4, 0.5) is 5.69 Å². The summed E-state index contributed by atoms with van der Waals surface area (Å²) in [6, 6.07) is 13.5. The maximum atomic E-state index is 10.6. The number of aliphatic hydroxyl groups excluding tert-OH is 1. The van der Waals surface area contributed by atoms with Crippen LogP contribution in [-0.2, 0) is 6.42 Å². The number of hydrogen-bond donors (Lipinski definition) is 1. The smallest absolute Gasteiger partial charge is 0.270 e. The number of halogens is 1. The average molecular weight is 278 g/mol. The molecule has 1 unspecified atom stereocenters. The van der Waals surface area contributed by atoms with E-state index in [1.807, 2.05) is 30.3 Å². The van der Waals surface area contributed by atoms with Crippen LogP contribution < -0.4 is 0 Å². The molecule has 0 saturated heterocycles. The molecule has 2 aromatic carbocycles. The Morgan fingerprint density at radius 1 is 1.21 bits per heavy atom. The Hall–Kier alpha value is -1.91. The molecule has 0 saturated carbocycles. The molecule has 1 N–H and O–H groups in total. The lowest BCUT2D eigenvalue weighted by Gasteiger charge is -2.12. The first kappa shape index (κ1) is 13.5. The van der Waals surface area contributed by atoms with E-state index in [-0.39, 0.29) is 5.69 Å². The molecule has 5 heteroatoms. The normalized spacial score (nSPS) is 12.1. The Labute approximate surface area is 115 Å². The summed E-state index contributed by atoms with van der Waals surface area (Å²) < 4.78 is 0. The van der Waals surface area contributed by atoms with Crippen molar-refractivity contribution in [2.45, 2.75) is 12.5 Å². The zero-order valence-corrected chi connectivity index (χ0v) is 10.7. The number of nitrogens with zero attached hydrogens (tertiary/aromatic N) is 1. The minimum Gasteiger partial charge on any atom is -0.388 e. The van der Waals surface area contributed by atoms with Gasteiger partial charge in [0, 0.05) is 18.6 Å². The molecule has 0 aliphatic rings. The lowest BCUT2D eigenvalue weighted by atomic mass is 10.0. The van der Waals surface area contributed by atoms with Crippen molar-refractivity contribution >= 4 is 17.3 Å². The van der Waals surface area contributed by atoms with Gasteiger partial charge in [0.15, 0.2) is 0 Å². The second-order valence-corrected chi connectivity index (χ2v) is 4.57. The number of hydrogen-bond acceptors (Lipinski definition) is 3. The zero-order valence-electron chi connectivity index (χ0n) is 9.99. The second-order valence-electron chi connectivity index (χ2n) is 4.16. The summed E-state index contributed by atoms with van der Waals surface area (Å²) in [6.45, 7) is 0. The minimum absolute atomic E-state index is 0.0528. The Morgan fingerprint density at radius 3 is 2.47 bits per heavy atom. The van der Waals surface area contributed by atoms with Gasteiger partial charge in [-0.2, -0.15) is 0 Å². The Kier molecular flexibility index (Phi) is 4.14. The molecular weight excluding hydrogens is 266 g/mol. The van der Waals surface area contributed by atoms with E-state index in [1.54, 1.807) is 6.07 Å². The monoisotopic (exact) mass is 277 g/mol. The first-order valence-corrected chi connectivity index (χ1v) is 6.11. The third kappa shape index (κ3) is 3.30. The topological polar surface area (TPSA) is 63.4 Å². The summed E-state index contributed by atoms with van der Waals surface area (Å²) in [4.78, 5) is 10.1. The zero-order chi connectivity index (χ0) is 13.8. The van der Waals surface area contributed by atoms with Gasteiger partial charge < -0.3 is 5.11 Å². The van der Waals surface area contributed by atoms with Crippen molar-refractivity contribution in [3.05, 3.63) is 74.8 Å². The summed E-state index contributed by atoms with van der Waals surface area (Å²) in [5.41, 5.74) is 1.42.